The van der Waals surface area contributed by atoms with E-state index in [0.29, 0.717) is 34.8 Å². The molecule has 150 valence electrons. The first kappa shape index (κ1) is 18.0. The number of oxazole rings is 1. The molecule has 2 aromatic rings. The number of hydrogen-bond donors (Lipinski definition) is 1. The smallest absolute Gasteiger partial charge is 0.298 e. The van der Waals surface area contributed by atoms with Gasteiger partial charge in [0.2, 0.25) is 0 Å². The van der Waals surface area contributed by atoms with Gasteiger partial charge in [0.1, 0.15) is 5.52 Å². The number of benzene rings is 1. The molecule has 4 heterocycles. The van der Waals surface area contributed by atoms with Gasteiger partial charge in [-0.25, -0.2) is 0 Å². The minimum atomic E-state index is -0.0169. The Morgan fingerprint density at radius 3 is 2.61 bits per heavy atom. The number of piperidine rings is 3. The second-order valence-electron chi connectivity index (χ2n) is 8.74. The molecule has 3 fully saturated rings. The van der Waals surface area contributed by atoms with Gasteiger partial charge >= 0.3 is 0 Å². The Hall–Kier alpha value is -2.08. The molecular weight excluding hydrogens is 352 g/mol. The maximum atomic E-state index is 13.1. The third kappa shape index (κ3) is 3.28. The Kier molecular flexibility index (Phi) is 4.75. The molecule has 0 spiro atoms. The minimum absolute atomic E-state index is 0.0169. The highest BCUT2D eigenvalue weighted by molar-refractivity contribution is 6.04. The predicted molar refractivity (Wildman–Crippen MR) is 110 cm³/mol. The van der Waals surface area contributed by atoms with Crippen LogP contribution < -0.4 is 10.2 Å². The number of para-hydroxylation sites is 1. The molecule has 2 unspecified atom stereocenters. The van der Waals surface area contributed by atoms with Crippen molar-refractivity contribution in [3.63, 3.8) is 0 Å². The van der Waals surface area contributed by atoms with Gasteiger partial charge in [0.15, 0.2) is 5.58 Å². The molecule has 5 rings (SSSR count). The Bertz CT molecular complexity index is 843. The average Bonchev–Trinajstić information content (AvgIpc) is 3.14. The summed E-state index contributed by atoms with van der Waals surface area (Å²) in [6.45, 7) is 1.96. The number of anilines is 1. The number of carbonyl (C=O) groups excluding carboxylic acids is 1. The van der Waals surface area contributed by atoms with Gasteiger partial charge in [-0.2, -0.15) is 4.98 Å². The van der Waals surface area contributed by atoms with E-state index in [9.17, 15) is 4.79 Å². The van der Waals surface area contributed by atoms with Crippen molar-refractivity contribution in [3.8, 4) is 0 Å². The first-order valence-electron chi connectivity index (χ1n) is 10.9. The highest BCUT2D eigenvalue weighted by Crippen LogP contribution is 2.33. The van der Waals surface area contributed by atoms with Crippen molar-refractivity contribution in [1.29, 1.82) is 0 Å². The Labute approximate surface area is 166 Å². The second kappa shape index (κ2) is 7.39. The van der Waals surface area contributed by atoms with Gasteiger partial charge < -0.3 is 19.5 Å². The number of carbonyl (C=O) groups is 1. The largest absolute Gasteiger partial charge is 0.423 e. The SMILES string of the molecule is CN1C2CCCC1CC(NC(=O)c1cccc3oc(N4CCCCC4)nc13)C2. The lowest BCUT2D eigenvalue weighted by molar-refractivity contribution is 0.0463. The van der Waals surface area contributed by atoms with E-state index in [1.165, 1.54) is 38.5 Å². The van der Waals surface area contributed by atoms with Crippen molar-refractivity contribution < 1.29 is 9.21 Å². The highest BCUT2D eigenvalue weighted by atomic mass is 16.4. The quantitative estimate of drug-likeness (QED) is 0.879. The zero-order chi connectivity index (χ0) is 19.1. The van der Waals surface area contributed by atoms with Crippen molar-refractivity contribution in [3.05, 3.63) is 23.8 Å². The molecule has 28 heavy (non-hydrogen) atoms. The van der Waals surface area contributed by atoms with Crippen molar-refractivity contribution in [2.75, 3.05) is 25.0 Å². The summed E-state index contributed by atoms with van der Waals surface area (Å²) in [5, 5.41) is 3.30. The van der Waals surface area contributed by atoms with Crippen LogP contribution in [0.1, 0.15) is 61.7 Å². The number of fused-ring (bicyclic) bond motifs is 3. The van der Waals surface area contributed by atoms with E-state index in [-0.39, 0.29) is 11.9 Å². The third-order valence-corrected chi connectivity index (χ3v) is 6.95. The third-order valence-electron chi connectivity index (χ3n) is 6.95. The zero-order valence-electron chi connectivity index (χ0n) is 16.7. The van der Waals surface area contributed by atoms with Gasteiger partial charge in [-0.3, -0.25) is 4.79 Å². The number of hydrogen-bond acceptors (Lipinski definition) is 5. The molecule has 1 aromatic heterocycles. The predicted octanol–water partition coefficient (Wildman–Crippen LogP) is 3.56. The Morgan fingerprint density at radius 1 is 1.11 bits per heavy atom. The van der Waals surface area contributed by atoms with Crippen LogP contribution in [0.5, 0.6) is 0 Å². The molecular formula is C22H30N4O2. The number of nitrogens with zero attached hydrogens (tertiary/aromatic N) is 3. The van der Waals surface area contributed by atoms with Gasteiger partial charge in [-0.05, 0) is 64.1 Å². The fraction of sp³-hybridized carbons (Fsp3) is 0.636. The number of nitrogens with one attached hydrogen (secondary N) is 1. The average molecular weight is 383 g/mol. The van der Waals surface area contributed by atoms with E-state index < -0.39 is 0 Å². The molecule has 3 saturated heterocycles. The summed E-state index contributed by atoms with van der Waals surface area (Å²) in [7, 11) is 2.24. The summed E-state index contributed by atoms with van der Waals surface area (Å²) in [6, 6.07) is 7.79. The number of rotatable bonds is 3. The van der Waals surface area contributed by atoms with Gasteiger partial charge in [-0.1, -0.05) is 12.5 Å². The van der Waals surface area contributed by atoms with E-state index >= 15 is 0 Å². The van der Waals surface area contributed by atoms with Crippen LogP contribution in [0.15, 0.2) is 22.6 Å². The van der Waals surface area contributed by atoms with E-state index in [0.717, 1.165) is 25.9 Å². The summed E-state index contributed by atoms with van der Waals surface area (Å²) in [4.78, 5) is 22.5. The lowest BCUT2D eigenvalue weighted by atomic mass is 9.82. The van der Waals surface area contributed by atoms with Crippen LogP contribution in [0, 0.1) is 0 Å². The van der Waals surface area contributed by atoms with Crippen LogP contribution >= 0.6 is 0 Å². The normalized spacial score (nSPS) is 28.5. The van der Waals surface area contributed by atoms with E-state index in [1.54, 1.807) is 0 Å². The minimum Gasteiger partial charge on any atom is -0.423 e. The van der Waals surface area contributed by atoms with Crippen LogP contribution in [-0.2, 0) is 0 Å². The highest BCUT2D eigenvalue weighted by Gasteiger charge is 2.36. The topological polar surface area (TPSA) is 61.6 Å². The maximum Gasteiger partial charge on any atom is 0.298 e. The van der Waals surface area contributed by atoms with Crippen molar-refractivity contribution in [2.45, 2.75) is 69.5 Å². The van der Waals surface area contributed by atoms with Crippen LogP contribution in [0.3, 0.4) is 0 Å². The summed E-state index contributed by atoms with van der Waals surface area (Å²) in [5.74, 6) is -0.0169. The van der Waals surface area contributed by atoms with E-state index in [1.807, 2.05) is 18.2 Å². The van der Waals surface area contributed by atoms with E-state index in [2.05, 4.69) is 22.2 Å². The summed E-state index contributed by atoms with van der Waals surface area (Å²) >= 11 is 0. The van der Waals surface area contributed by atoms with E-state index in [4.69, 9.17) is 9.40 Å². The maximum absolute atomic E-state index is 13.1. The molecule has 1 N–H and O–H groups in total. The standard InChI is InChI=1S/C22H30N4O2/c1-25-16-7-5-8-17(25)14-15(13-16)23-21(27)18-9-6-10-19-20(18)24-22(28-19)26-11-3-2-4-12-26/h6,9-10,15-17H,2-5,7-8,11-14H2,1H3,(H,23,27). The summed E-state index contributed by atoms with van der Waals surface area (Å²) < 4.78 is 5.99. The molecule has 2 bridgehead atoms. The van der Waals surface area contributed by atoms with Gasteiger partial charge in [-0.15, -0.1) is 0 Å². The first-order valence-corrected chi connectivity index (χ1v) is 10.9. The van der Waals surface area contributed by atoms with Crippen LogP contribution in [0.25, 0.3) is 11.1 Å². The Morgan fingerprint density at radius 2 is 1.86 bits per heavy atom. The fourth-order valence-electron chi connectivity index (χ4n) is 5.34. The van der Waals surface area contributed by atoms with Crippen LogP contribution in [-0.4, -0.2) is 54.1 Å². The van der Waals surface area contributed by atoms with Crippen molar-refractivity contribution in [1.82, 2.24) is 15.2 Å². The number of aromatic nitrogens is 1. The van der Waals surface area contributed by atoms with Crippen molar-refractivity contribution >= 4 is 23.0 Å². The van der Waals surface area contributed by atoms with Gasteiger partial charge in [0.05, 0.1) is 5.56 Å². The van der Waals surface area contributed by atoms with Crippen LogP contribution in [0.4, 0.5) is 6.01 Å². The monoisotopic (exact) mass is 382 g/mol. The molecule has 0 aliphatic carbocycles. The molecule has 0 radical (unpaired) electrons. The molecule has 0 saturated carbocycles. The molecule has 3 aliphatic heterocycles. The Balaban J connectivity index is 1.35. The lowest BCUT2D eigenvalue weighted by Crippen LogP contribution is -2.55. The number of amides is 1. The molecule has 3 aliphatic rings. The molecule has 6 heteroatoms. The summed E-state index contributed by atoms with van der Waals surface area (Å²) in [5.41, 5.74) is 2.02. The summed E-state index contributed by atoms with van der Waals surface area (Å²) in [6.07, 6.45) is 9.52. The second-order valence-corrected chi connectivity index (χ2v) is 8.74. The molecule has 1 amide bonds. The van der Waals surface area contributed by atoms with Crippen LogP contribution in [0.2, 0.25) is 0 Å². The lowest BCUT2D eigenvalue weighted by Gasteiger charge is -2.47. The van der Waals surface area contributed by atoms with Gasteiger partial charge in [0.25, 0.3) is 11.9 Å². The first-order chi connectivity index (χ1) is 13.7. The van der Waals surface area contributed by atoms with Gasteiger partial charge in [0, 0.05) is 31.2 Å². The zero-order valence-corrected chi connectivity index (χ0v) is 16.7. The fourth-order valence-corrected chi connectivity index (χ4v) is 5.34. The molecule has 2 atom stereocenters. The molecule has 1 aromatic carbocycles. The van der Waals surface area contributed by atoms with Crippen molar-refractivity contribution in [2.24, 2.45) is 0 Å². The molecule has 6 nitrogen and oxygen atoms in total.